The van der Waals surface area contributed by atoms with Gasteiger partial charge >= 0.3 is 0 Å². The summed E-state index contributed by atoms with van der Waals surface area (Å²) in [5.74, 6) is 0. The van der Waals surface area contributed by atoms with E-state index >= 15 is 0 Å². The van der Waals surface area contributed by atoms with E-state index in [1.807, 2.05) is 12.1 Å². The van der Waals surface area contributed by atoms with Crippen LogP contribution in [0.25, 0.3) is 0 Å². The molecule has 0 saturated carbocycles. The number of nitrogens with zero attached hydrogens (tertiary/aromatic N) is 2. The summed E-state index contributed by atoms with van der Waals surface area (Å²) in [6.07, 6.45) is 0.931. The minimum absolute atomic E-state index is 0.609. The number of aryl methyl sites for hydroxylation is 2. The van der Waals surface area contributed by atoms with E-state index in [2.05, 4.69) is 57.0 Å². The predicted molar refractivity (Wildman–Crippen MR) is 89.5 cm³/mol. The van der Waals surface area contributed by atoms with Crippen LogP contribution in [0.2, 0.25) is 0 Å². The van der Waals surface area contributed by atoms with Crippen molar-refractivity contribution in [1.29, 1.82) is 0 Å². The highest BCUT2D eigenvalue weighted by Crippen LogP contribution is 2.24. The number of nitrogens with one attached hydrogen (secondary N) is 1. The molecule has 0 aliphatic carbocycles. The monoisotopic (exact) mass is 351 g/mol. The average Bonchev–Trinajstić information content (AvgIpc) is 2.82. The molecule has 2 rings (SSSR count). The third-order valence-corrected chi connectivity index (χ3v) is 4.37. The molecular formula is C16H22BrN3O. The average molecular weight is 352 g/mol. The minimum atomic E-state index is 0.609. The van der Waals surface area contributed by atoms with Crippen LogP contribution in [0.1, 0.15) is 30.8 Å². The summed E-state index contributed by atoms with van der Waals surface area (Å²) in [7, 11) is 1.72. The van der Waals surface area contributed by atoms with E-state index in [-0.39, 0.29) is 0 Å². The fourth-order valence-corrected chi connectivity index (χ4v) is 3.04. The van der Waals surface area contributed by atoms with Gasteiger partial charge in [-0.15, -0.1) is 0 Å². The highest BCUT2D eigenvalue weighted by molar-refractivity contribution is 9.10. The quantitative estimate of drug-likeness (QED) is 0.819. The zero-order chi connectivity index (χ0) is 15.2. The summed E-state index contributed by atoms with van der Waals surface area (Å²) < 4.78 is 8.41. The van der Waals surface area contributed by atoms with Crippen molar-refractivity contribution >= 4 is 21.6 Å². The maximum absolute atomic E-state index is 5.24. The number of halogens is 1. The molecule has 0 atom stereocenters. The van der Waals surface area contributed by atoms with E-state index < -0.39 is 0 Å². The SMILES string of the molecule is CCc1nn(CC)c(CNc2ccccc2COC)c1Br. The van der Waals surface area contributed by atoms with Gasteiger partial charge in [-0.05, 0) is 35.3 Å². The Morgan fingerprint density at radius 3 is 2.71 bits per heavy atom. The van der Waals surface area contributed by atoms with Crippen LogP contribution < -0.4 is 5.32 Å². The number of ether oxygens (including phenoxy) is 1. The molecule has 0 unspecified atom stereocenters. The Balaban J connectivity index is 2.18. The van der Waals surface area contributed by atoms with Gasteiger partial charge in [-0.2, -0.15) is 5.10 Å². The molecular weight excluding hydrogens is 330 g/mol. The second kappa shape index (κ2) is 7.61. The van der Waals surface area contributed by atoms with E-state index in [1.54, 1.807) is 7.11 Å². The van der Waals surface area contributed by atoms with Crippen molar-refractivity contribution in [2.75, 3.05) is 12.4 Å². The highest BCUT2D eigenvalue weighted by Gasteiger charge is 2.13. The third kappa shape index (κ3) is 3.66. The summed E-state index contributed by atoms with van der Waals surface area (Å²) in [4.78, 5) is 0. The molecule has 5 heteroatoms. The Hall–Kier alpha value is -1.33. The van der Waals surface area contributed by atoms with Gasteiger partial charge in [-0.25, -0.2) is 0 Å². The summed E-state index contributed by atoms with van der Waals surface area (Å²) in [6, 6.07) is 8.22. The Labute approximate surface area is 134 Å². The van der Waals surface area contributed by atoms with Crippen molar-refractivity contribution in [2.24, 2.45) is 0 Å². The number of benzene rings is 1. The van der Waals surface area contributed by atoms with Gasteiger partial charge in [0, 0.05) is 24.9 Å². The fraction of sp³-hybridized carbons (Fsp3) is 0.438. The van der Waals surface area contributed by atoms with Crippen LogP contribution in [0, 0.1) is 0 Å². The topological polar surface area (TPSA) is 39.1 Å². The van der Waals surface area contributed by atoms with Crippen molar-refractivity contribution < 1.29 is 4.74 Å². The molecule has 0 bridgehead atoms. The second-order valence-electron chi connectivity index (χ2n) is 4.82. The van der Waals surface area contributed by atoms with Crippen LogP contribution in [0.5, 0.6) is 0 Å². The molecule has 0 aliphatic heterocycles. The smallest absolute Gasteiger partial charge is 0.0767 e. The van der Waals surface area contributed by atoms with E-state index in [9.17, 15) is 0 Å². The first-order chi connectivity index (χ1) is 10.2. The van der Waals surface area contributed by atoms with Crippen molar-refractivity contribution in [3.63, 3.8) is 0 Å². The molecule has 4 nitrogen and oxygen atoms in total. The van der Waals surface area contributed by atoms with Gasteiger partial charge in [-0.1, -0.05) is 25.1 Å². The van der Waals surface area contributed by atoms with Gasteiger partial charge in [-0.3, -0.25) is 4.68 Å². The molecule has 0 amide bonds. The van der Waals surface area contributed by atoms with Gasteiger partial charge < -0.3 is 10.1 Å². The number of para-hydroxylation sites is 1. The summed E-state index contributed by atoms with van der Waals surface area (Å²) in [5, 5.41) is 8.12. The lowest BCUT2D eigenvalue weighted by molar-refractivity contribution is 0.185. The normalized spacial score (nSPS) is 10.9. The molecule has 1 aromatic carbocycles. The number of rotatable bonds is 7. The predicted octanol–water partition coefficient (Wildman–Crippen LogP) is 3.99. The molecule has 0 radical (unpaired) electrons. The molecule has 1 aromatic heterocycles. The lowest BCUT2D eigenvalue weighted by atomic mass is 10.2. The zero-order valence-corrected chi connectivity index (χ0v) is 14.4. The number of hydrogen-bond donors (Lipinski definition) is 1. The van der Waals surface area contributed by atoms with Crippen LogP contribution in [0.15, 0.2) is 28.7 Å². The zero-order valence-electron chi connectivity index (χ0n) is 12.8. The molecule has 21 heavy (non-hydrogen) atoms. The fourth-order valence-electron chi connectivity index (χ4n) is 2.34. The van der Waals surface area contributed by atoms with Crippen molar-refractivity contribution in [1.82, 2.24) is 9.78 Å². The summed E-state index contributed by atoms with van der Waals surface area (Å²) in [6.45, 7) is 6.45. The molecule has 0 spiro atoms. The van der Waals surface area contributed by atoms with Crippen molar-refractivity contribution in [2.45, 2.75) is 40.0 Å². The number of methoxy groups -OCH3 is 1. The minimum Gasteiger partial charge on any atom is -0.380 e. The van der Waals surface area contributed by atoms with Crippen LogP contribution >= 0.6 is 15.9 Å². The van der Waals surface area contributed by atoms with Crippen LogP contribution in [0.4, 0.5) is 5.69 Å². The standard InChI is InChI=1S/C16H22BrN3O/c1-4-13-16(17)15(20(5-2)19-13)10-18-14-9-7-6-8-12(14)11-21-3/h6-9,18H,4-5,10-11H2,1-3H3. The first-order valence-electron chi connectivity index (χ1n) is 7.26. The first kappa shape index (κ1) is 16.0. The first-order valence-corrected chi connectivity index (χ1v) is 8.05. The molecule has 2 aromatic rings. The number of aromatic nitrogens is 2. The Bertz CT molecular complexity index is 595. The lowest BCUT2D eigenvalue weighted by Gasteiger charge is -2.12. The van der Waals surface area contributed by atoms with Gasteiger partial charge in [0.25, 0.3) is 0 Å². The van der Waals surface area contributed by atoms with Crippen LogP contribution in [-0.2, 0) is 30.9 Å². The number of anilines is 1. The third-order valence-electron chi connectivity index (χ3n) is 3.46. The van der Waals surface area contributed by atoms with Crippen LogP contribution in [0.3, 0.4) is 0 Å². The van der Waals surface area contributed by atoms with E-state index in [1.165, 1.54) is 5.69 Å². The molecule has 1 heterocycles. The molecule has 0 fully saturated rings. The van der Waals surface area contributed by atoms with Crippen molar-refractivity contribution in [3.05, 3.63) is 45.7 Å². The molecule has 114 valence electrons. The Kier molecular flexibility index (Phi) is 5.82. The van der Waals surface area contributed by atoms with Crippen LogP contribution in [-0.4, -0.2) is 16.9 Å². The molecule has 0 saturated heterocycles. The van der Waals surface area contributed by atoms with E-state index in [0.29, 0.717) is 6.61 Å². The summed E-state index contributed by atoms with van der Waals surface area (Å²) in [5.41, 5.74) is 4.56. The van der Waals surface area contributed by atoms with Gasteiger partial charge in [0.1, 0.15) is 0 Å². The van der Waals surface area contributed by atoms with Gasteiger partial charge in [0.05, 0.1) is 29.0 Å². The highest BCUT2D eigenvalue weighted by atomic mass is 79.9. The van der Waals surface area contributed by atoms with Gasteiger partial charge in [0.15, 0.2) is 0 Å². The van der Waals surface area contributed by atoms with E-state index in [0.717, 1.165) is 40.9 Å². The largest absolute Gasteiger partial charge is 0.380 e. The van der Waals surface area contributed by atoms with Crippen molar-refractivity contribution in [3.8, 4) is 0 Å². The second-order valence-corrected chi connectivity index (χ2v) is 5.61. The Morgan fingerprint density at radius 1 is 1.29 bits per heavy atom. The maximum Gasteiger partial charge on any atom is 0.0767 e. The Morgan fingerprint density at radius 2 is 2.05 bits per heavy atom. The maximum atomic E-state index is 5.24. The summed E-state index contributed by atoms with van der Waals surface area (Å²) >= 11 is 3.68. The number of hydrogen-bond acceptors (Lipinski definition) is 3. The lowest BCUT2D eigenvalue weighted by Crippen LogP contribution is -2.09. The van der Waals surface area contributed by atoms with Gasteiger partial charge in [0.2, 0.25) is 0 Å². The van der Waals surface area contributed by atoms with E-state index in [4.69, 9.17) is 4.74 Å². The molecule has 0 aliphatic rings. The molecule has 1 N–H and O–H groups in total.